The molecule has 1 aromatic heterocycles. The first-order valence-electron chi connectivity index (χ1n) is 9.47. The quantitative estimate of drug-likeness (QED) is 0.366. The molecule has 2 aliphatic heterocycles. The van der Waals surface area contributed by atoms with Crippen LogP contribution in [0.3, 0.4) is 0 Å². The smallest absolute Gasteiger partial charge is 0.270 e. The molecular weight excluding hydrogens is 446 g/mol. The number of non-ortho nitro benzene ring substituents is 1. The molecule has 0 aliphatic carbocycles. The Kier molecular flexibility index (Phi) is 5.58. The summed E-state index contributed by atoms with van der Waals surface area (Å²) in [4.78, 5) is 41.3. The fraction of sp³-hybridized carbons (Fsp3) is 0.389. The Morgan fingerprint density at radius 1 is 1.19 bits per heavy atom. The van der Waals surface area contributed by atoms with Gasteiger partial charge in [-0.2, -0.15) is 4.31 Å². The van der Waals surface area contributed by atoms with Crippen molar-refractivity contribution in [2.45, 2.75) is 23.5 Å². The number of hydrogen-bond donors (Lipinski definition) is 0. The van der Waals surface area contributed by atoms with E-state index < -0.39 is 20.9 Å². The lowest BCUT2D eigenvalue weighted by molar-refractivity contribution is -0.385. The molecule has 11 nitrogen and oxygen atoms in total. The van der Waals surface area contributed by atoms with Crippen LogP contribution in [0.2, 0.25) is 0 Å². The molecule has 1 aromatic carbocycles. The van der Waals surface area contributed by atoms with Crippen molar-refractivity contribution in [3.8, 4) is 0 Å². The van der Waals surface area contributed by atoms with Crippen LogP contribution in [0.4, 0.5) is 5.69 Å². The van der Waals surface area contributed by atoms with Gasteiger partial charge in [0.25, 0.3) is 17.2 Å². The molecule has 0 atom stereocenters. The van der Waals surface area contributed by atoms with Gasteiger partial charge in [0.1, 0.15) is 5.56 Å². The summed E-state index contributed by atoms with van der Waals surface area (Å²) in [6.45, 7) is 2.31. The average Bonchev–Trinajstić information content (AvgIpc) is 3.23. The number of rotatable bonds is 4. The molecule has 1 fully saturated rings. The van der Waals surface area contributed by atoms with E-state index in [9.17, 15) is 28.1 Å². The number of fused-ring (bicyclic) bond motifs is 1. The highest BCUT2D eigenvalue weighted by atomic mass is 32.2. The number of thioether (sulfide) groups is 1. The average molecular weight is 466 g/mol. The Morgan fingerprint density at radius 2 is 1.90 bits per heavy atom. The predicted octanol–water partition coefficient (Wildman–Crippen LogP) is 0.712. The van der Waals surface area contributed by atoms with Gasteiger partial charge in [-0.05, 0) is 12.5 Å². The standard InChI is InChI=1S/C18H19N5O6S2/c1-12-2-3-13(23(26)27)10-15(12)31(28,29)21-6-4-20(5-7-21)16(24)14-11-19-18-22(17(14)25)8-9-30-18/h2-3,10-11H,4-9H2,1H3. The topological polar surface area (TPSA) is 136 Å². The zero-order valence-corrected chi connectivity index (χ0v) is 18.2. The van der Waals surface area contributed by atoms with E-state index in [1.54, 1.807) is 6.92 Å². The molecule has 31 heavy (non-hydrogen) atoms. The molecule has 0 unspecified atom stereocenters. The number of piperazine rings is 1. The van der Waals surface area contributed by atoms with E-state index in [0.29, 0.717) is 17.3 Å². The van der Waals surface area contributed by atoms with Crippen molar-refractivity contribution in [1.82, 2.24) is 18.8 Å². The Morgan fingerprint density at radius 3 is 2.58 bits per heavy atom. The van der Waals surface area contributed by atoms with Gasteiger partial charge in [0, 0.05) is 56.8 Å². The zero-order chi connectivity index (χ0) is 22.3. The Hall–Kier alpha value is -2.77. The van der Waals surface area contributed by atoms with Crippen LogP contribution in [-0.2, 0) is 16.6 Å². The van der Waals surface area contributed by atoms with Crippen molar-refractivity contribution in [3.63, 3.8) is 0 Å². The van der Waals surface area contributed by atoms with Crippen LogP contribution in [0, 0.1) is 17.0 Å². The van der Waals surface area contributed by atoms with Gasteiger partial charge in [-0.3, -0.25) is 24.3 Å². The van der Waals surface area contributed by atoms with Crippen molar-refractivity contribution in [3.05, 3.63) is 56.0 Å². The number of aromatic nitrogens is 2. The van der Waals surface area contributed by atoms with E-state index in [0.717, 1.165) is 11.8 Å². The highest BCUT2D eigenvalue weighted by Crippen LogP contribution is 2.26. The highest BCUT2D eigenvalue weighted by Gasteiger charge is 2.33. The van der Waals surface area contributed by atoms with Crippen LogP contribution < -0.4 is 5.56 Å². The molecule has 0 N–H and O–H groups in total. The van der Waals surface area contributed by atoms with E-state index in [1.165, 1.54) is 43.9 Å². The largest absolute Gasteiger partial charge is 0.336 e. The fourth-order valence-corrected chi connectivity index (χ4v) is 6.17. The van der Waals surface area contributed by atoms with Crippen LogP contribution in [0.1, 0.15) is 15.9 Å². The first-order chi connectivity index (χ1) is 14.7. The van der Waals surface area contributed by atoms with Gasteiger partial charge in [-0.25, -0.2) is 13.4 Å². The summed E-state index contributed by atoms with van der Waals surface area (Å²) in [5.74, 6) is 0.251. The number of hydrogen-bond acceptors (Lipinski definition) is 8. The lowest BCUT2D eigenvalue weighted by Crippen LogP contribution is -2.51. The summed E-state index contributed by atoms with van der Waals surface area (Å²) in [5.41, 5.74) is -0.320. The monoisotopic (exact) mass is 465 g/mol. The molecule has 1 amide bonds. The maximum absolute atomic E-state index is 13.0. The Labute approximate surface area is 181 Å². The molecule has 3 heterocycles. The van der Waals surface area contributed by atoms with Gasteiger partial charge in [0.05, 0.1) is 9.82 Å². The van der Waals surface area contributed by atoms with Crippen LogP contribution >= 0.6 is 11.8 Å². The predicted molar refractivity (Wildman–Crippen MR) is 112 cm³/mol. The number of nitrogens with zero attached hydrogens (tertiary/aromatic N) is 5. The SMILES string of the molecule is Cc1ccc([N+](=O)[O-])cc1S(=O)(=O)N1CCN(C(=O)c2cnc3n(c2=O)CCS3)CC1. The molecule has 1 saturated heterocycles. The van der Waals surface area contributed by atoms with E-state index in [-0.39, 0.29) is 47.9 Å². The minimum Gasteiger partial charge on any atom is -0.336 e. The molecule has 164 valence electrons. The van der Waals surface area contributed by atoms with Gasteiger partial charge in [0.2, 0.25) is 10.0 Å². The molecule has 0 spiro atoms. The summed E-state index contributed by atoms with van der Waals surface area (Å²) < 4.78 is 28.8. The Balaban J connectivity index is 1.51. The number of benzene rings is 1. The minimum atomic E-state index is -3.97. The van der Waals surface area contributed by atoms with Crippen molar-refractivity contribution in [2.24, 2.45) is 0 Å². The number of aryl methyl sites for hydroxylation is 1. The third kappa shape index (κ3) is 3.83. The maximum Gasteiger partial charge on any atom is 0.270 e. The normalized spacial score (nSPS) is 16.9. The van der Waals surface area contributed by atoms with E-state index >= 15 is 0 Å². The summed E-state index contributed by atoms with van der Waals surface area (Å²) in [7, 11) is -3.97. The van der Waals surface area contributed by atoms with Crippen molar-refractivity contribution in [2.75, 3.05) is 31.9 Å². The van der Waals surface area contributed by atoms with Crippen LogP contribution in [0.25, 0.3) is 0 Å². The molecular formula is C18H19N5O6S2. The molecule has 4 rings (SSSR count). The number of nitro benzene ring substituents is 1. The van der Waals surface area contributed by atoms with Crippen molar-refractivity contribution < 1.29 is 18.1 Å². The summed E-state index contributed by atoms with van der Waals surface area (Å²) in [6, 6.07) is 3.71. The van der Waals surface area contributed by atoms with Gasteiger partial charge in [-0.1, -0.05) is 17.8 Å². The minimum absolute atomic E-state index is 0.0196. The molecule has 13 heteroatoms. The lowest BCUT2D eigenvalue weighted by atomic mass is 10.2. The highest BCUT2D eigenvalue weighted by molar-refractivity contribution is 7.99. The van der Waals surface area contributed by atoms with Gasteiger partial charge in [-0.15, -0.1) is 0 Å². The third-order valence-corrected chi connectivity index (χ3v) is 8.32. The molecule has 0 bridgehead atoms. The molecule has 0 saturated carbocycles. The van der Waals surface area contributed by atoms with E-state index in [1.807, 2.05) is 0 Å². The van der Waals surface area contributed by atoms with Crippen LogP contribution in [-0.4, -0.2) is 69.9 Å². The lowest BCUT2D eigenvalue weighted by Gasteiger charge is -2.34. The van der Waals surface area contributed by atoms with Crippen LogP contribution in [0.5, 0.6) is 0 Å². The maximum atomic E-state index is 13.0. The summed E-state index contributed by atoms with van der Waals surface area (Å²) >= 11 is 1.45. The van der Waals surface area contributed by atoms with Crippen molar-refractivity contribution in [1.29, 1.82) is 0 Å². The zero-order valence-electron chi connectivity index (χ0n) is 16.6. The third-order valence-electron chi connectivity index (χ3n) is 5.31. The number of carbonyl (C=O) groups is 1. The number of amides is 1. The molecule has 2 aromatic rings. The molecule has 0 radical (unpaired) electrons. The number of nitro groups is 1. The van der Waals surface area contributed by atoms with Gasteiger partial charge < -0.3 is 4.90 Å². The molecule has 2 aliphatic rings. The van der Waals surface area contributed by atoms with Gasteiger partial charge in [0.15, 0.2) is 5.16 Å². The second kappa shape index (κ2) is 8.05. The van der Waals surface area contributed by atoms with E-state index in [2.05, 4.69) is 4.98 Å². The van der Waals surface area contributed by atoms with Crippen LogP contribution in [0.15, 0.2) is 39.2 Å². The Bertz CT molecular complexity index is 1230. The van der Waals surface area contributed by atoms with Crippen molar-refractivity contribution >= 4 is 33.4 Å². The number of carbonyl (C=O) groups excluding carboxylic acids is 1. The first-order valence-corrected chi connectivity index (χ1v) is 11.9. The summed E-state index contributed by atoms with van der Waals surface area (Å²) in [6.07, 6.45) is 1.28. The van der Waals surface area contributed by atoms with E-state index in [4.69, 9.17) is 0 Å². The fourth-order valence-electron chi connectivity index (χ4n) is 3.59. The second-order valence-corrected chi connectivity index (χ2v) is 10.1. The number of sulfonamides is 1. The first kappa shape index (κ1) is 21.5. The van der Waals surface area contributed by atoms with Gasteiger partial charge >= 0.3 is 0 Å². The second-order valence-electron chi connectivity index (χ2n) is 7.16. The summed E-state index contributed by atoms with van der Waals surface area (Å²) in [5, 5.41) is 11.6.